The molecule has 0 atom stereocenters. The van der Waals surface area contributed by atoms with Crippen LogP contribution in [0.5, 0.6) is 5.88 Å². The highest BCUT2D eigenvalue weighted by Gasteiger charge is 2.26. The maximum atomic E-state index is 13.0. The Bertz CT molecular complexity index is 1190. The summed E-state index contributed by atoms with van der Waals surface area (Å²) in [5.74, 6) is 1.85. The molecule has 0 bridgehead atoms. The van der Waals surface area contributed by atoms with E-state index in [1.165, 1.54) is 18.2 Å². The topological polar surface area (TPSA) is 86.5 Å². The number of rotatable bonds is 9. The number of carbonyl (C=O) groups excluding carboxylic acids is 1. The number of aryl methyl sites for hydroxylation is 3. The fourth-order valence-electron chi connectivity index (χ4n) is 4.16. The number of nitrogens with zero attached hydrogens (tertiary/aromatic N) is 2. The van der Waals surface area contributed by atoms with Gasteiger partial charge in [0.2, 0.25) is 5.88 Å². The SMILES string of the molecule is CCc1nc(C)nc(OC)c1NC(=O)c1ccc(Cc2cc(C(C)C)c(C(C)(C)OC)cc2C)o1. The van der Waals surface area contributed by atoms with E-state index in [4.69, 9.17) is 13.9 Å². The fourth-order valence-corrected chi connectivity index (χ4v) is 4.16. The zero-order valence-corrected chi connectivity index (χ0v) is 22.3. The molecule has 0 radical (unpaired) electrons. The molecule has 1 aromatic carbocycles. The zero-order valence-electron chi connectivity index (χ0n) is 22.3. The van der Waals surface area contributed by atoms with E-state index in [-0.39, 0.29) is 17.3 Å². The smallest absolute Gasteiger partial charge is 0.291 e. The molecule has 0 aliphatic heterocycles. The lowest BCUT2D eigenvalue weighted by Crippen LogP contribution is -2.22. The molecule has 0 saturated heterocycles. The van der Waals surface area contributed by atoms with E-state index >= 15 is 0 Å². The number of anilines is 1. The molecule has 0 unspecified atom stereocenters. The predicted molar refractivity (Wildman–Crippen MR) is 137 cm³/mol. The molecule has 35 heavy (non-hydrogen) atoms. The number of hydrogen-bond donors (Lipinski definition) is 1. The van der Waals surface area contributed by atoms with Gasteiger partial charge in [0.15, 0.2) is 5.76 Å². The highest BCUT2D eigenvalue weighted by atomic mass is 16.5. The minimum atomic E-state index is -0.378. The number of hydrogen-bond acceptors (Lipinski definition) is 6. The lowest BCUT2D eigenvalue weighted by Gasteiger charge is -2.29. The molecular weight excluding hydrogens is 442 g/mol. The van der Waals surface area contributed by atoms with E-state index in [2.05, 4.69) is 62.0 Å². The first kappa shape index (κ1) is 26.4. The first-order valence-corrected chi connectivity index (χ1v) is 12.0. The van der Waals surface area contributed by atoms with Crippen molar-refractivity contribution in [3.63, 3.8) is 0 Å². The van der Waals surface area contributed by atoms with Gasteiger partial charge < -0.3 is 19.2 Å². The highest BCUT2D eigenvalue weighted by Crippen LogP contribution is 2.34. The number of ether oxygens (including phenoxy) is 2. The summed E-state index contributed by atoms with van der Waals surface area (Å²) < 4.78 is 17.1. The van der Waals surface area contributed by atoms with Crippen molar-refractivity contribution in [2.24, 2.45) is 0 Å². The van der Waals surface area contributed by atoms with Gasteiger partial charge in [-0.3, -0.25) is 4.79 Å². The van der Waals surface area contributed by atoms with Crippen LogP contribution in [0.15, 0.2) is 28.7 Å². The van der Waals surface area contributed by atoms with Crippen molar-refractivity contribution in [2.45, 2.75) is 72.8 Å². The Labute approximate surface area is 208 Å². The van der Waals surface area contributed by atoms with E-state index in [0.29, 0.717) is 41.8 Å². The lowest BCUT2D eigenvalue weighted by atomic mass is 9.84. The van der Waals surface area contributed by atoms with Crippen LogP contribution >= 0.6 is 0 Å². The largest absolute Gasteiger partial charge is 0.479 e. The third kappa shape index (κ3) is 5.73. The monoisotopic (exact) mass is 479 g/mol. The number of methoxy groups -OCH3 is 2. The standard InChI is InChI=1S/C28H37N3O4/c1-10-23-25(27(33-8)30-18(5)29-23)31-26(32)24-12-11-20(35-24)14-19-15-21(16(2)3)22(13-17(19)4)28(6,7)34-9/h11-13,15-16H,10,14H2,1-9H3,(H,31,32). The maximum absolute atomic E-state index is 13.0. The van der Waals surface area contributed by atoms with Gasteiger partial charge in [-0.25, -0.2) is 4.98 Å². The quantitative estimate of drug-likeness (QED) is 0.399. The molecule has 0 aliphatic rings. The molecule has 188 valence electrons. The third-order valence-electron chi connectivity index (χ3n) is 6.37. The van der Waals surface area contributed by atoms with Gasteiger partial charge in [0, 0.05) is 13.5 Å². The summed E-state index contributed by atoms with van der Waals surface area (Å²) in [7, 11) is 3.26. The Kier molecular flexibility index (Phi) is 8.00. The Morgan fingerprint density at radius 2 is 1.86 bits per heavy atom. The molecule has 2 heterocycles. The van der Waals surface area contributed by atoms with Crippen LogP contribution in [0.1, 0.15) is 90.6 Å². The molecule has 0 saturated carbocycles. The summed E-state index contributed by atoms with van der Waals surface area (Å²) in [5, 5.41) is 2.87. The van der Waals surface area contributed by atoms with Crippen LogP contribution in [0.3, 0.4) is 0 Å². The normalized spacial score (nSPS) is 11.7. The van der Waals surface area contributed by atoms with Gasteiger partial charge in [-0.1, -0.05) is 32.9 Å². The average molecular weight is 480 g/mol. The van der Waals surface area contributed by atoms with E-state index in [0.717, 1.165) is 16.9 Å². The Morgan fingerprint density at radius 3 is 2.46 bits per heavy atom. The van der Waals surface area contributed by atoms with Gasteiger partial charge in [0.05, 0.1) is 18.4 Å². The number of carbonyl (C=O) groups is 1. The molecule has 7 heteroatoms. The molecule has 1 amide bonds. The fraction of sp³-hybridized carbons (Fsp3) is 0.464. The molecule has 0 fully saturated rings. The van der Waals surface area contributed by atoms with E-state index in [1.807, 2.05) is 13.0 Å². The molecule has 3 aromatic rings. The summed E-state index contributed by atoms with van der Waals surface area (Å²) in [6.45, 7) is 14.4. The second-order valence-corrected chi connectivity index (χ2v) is 9.59. The van der Waals surface area contributed by atoms with Crippen LogP contribution in [0.2, 0.25) is 0 Å². The van der Waals surface area contributed by atoms with Crippen LogP contribution in [-0.2, 0) is 23.2 Å². The minimum Gasteiger partial charge on any atom is -0.479 e. The van der Waals surface area contributed by atoms with Gasteiger partial charge >= 0.3 is 0 Å². The minimum absolute atomic E-state index is 0.226. The number of nitrogens with one attached hydrogen (secondary N) is 1. The third-order valence-corrected chi connectivity index (χ3v) is 6.37. The van der Waals surface area contributed by atoms with Crippen molar-refractivity contribution in [1.29, 1.82) is 0 Å². The van der Waals surface area contributed by atoms with Crippen molar-refractivity contribution in [2.75, 3.05) is 19.5 Å². The van der Waals surface area contributed by atoms with Crippen LogP contribution in [0.25, 0.3) is 0 Å². The Balaban J connectivity index is 1.86. The van der Waals surface area contributed by atoms with Crippen LogP contribution in [0, 0.1) is 13.8 Å². The number of furan rings is 1. The molecular formula is C28H37N3O4. The molecule has 0 spiro atoms. The molecule has 2 aromatic heterocycles. The number of amides is 1. The van der Waals surface area contributed by atoms with Gasteiger partial charge in [-0.15, -0.1) is 0 Å². The average Bonchev–Trinajstić information content (AvgIpc) is 3.29. The van der Waals surface area contributed by atoms with E-state index in [9.17, 15) is 4.79 Å². The summed E-state index contributed by atoms with van der Waals surface area (Å²) in [4.78, 5) is 21.7. The molecule has 1 N–H and O–H groups in total. The van der Waals surface area contributed by atoms with Crippen molar-refractivity contribution >= 4 is 11.6 Å². The predicted octanol–water partition coefficient (Wildman–Crippen LogP) is 6.11. The Hall–Kier alpha value is -3.19. The maximum Gasteiger partial charge on any atom is 0.291 e. The van der Waals surface area contributed by atoms with E-state index < -0.39 is 0 Å². The van der Waals surface area contributed by atoms with Gasteiger partial charge in [0.1, 0.15) is 17.3 Å². The summed E-state index contributed by atoms with van der Waals surface area (Å²) in [5.41, 5.74) is 5.57. The second-order valence-electron chi connectivity index (χ2n) is 9.59. The first-order valence-electron chi connectivity index (χ1n) is 12.0. The van der Waals surface area contributed by atoms with Crippen molar-refractivity contribution in [1.82, 2.24) is 9.97 Å². The first-order chi connectivity index (χ1) is 16.5. The van der Waals surface area contributed by atoms with Gasteiger partial charge in [-0.2, -0.15) is 4.98 Å². The van der Waals surface area contributed by atoms with Crippen LogP contribution < -0.4 is 10.1 Å². The van der Waals surface area contributed by atoms with Crippen molar-refractivity contribution < 1.29 is 18.7 Å². The number of benzene rings is 1. The highest BCUT2D eigenvalue weighted by molar-refractivity contribution is 6.03. The molecule has 7 nitrogen and oxygen atoms in total. The van der Waals surface area contributed by atoms with Crippen molar-refractivity contribution in [3.05, 3.63) is 69.6 Å². The summed E-state index contributed by atoms with van der Waals surface area (Å²) in [6, 6.07) is 7.99. The molecule has 3 rings (SSSR count). The summed E-state index contributed by atoms with van der Waals surface area (Å²) >= 11 is 0. The second kappa shape index (κ2) is 10.6. The Morgan fingerprint density at radius 1 is 1.14 bits per heavy atom. The zero-order chi connectivity index (χ0) is 25.9. The van der Waals surface area contributed by atoms with E-state index in [1.54, 1.807) is 20.1 Å². The van der Waals surface area contributed by atoms with Crippen LogP contribution in [-0.4, -0.2) is 30.1 Å². The van der Waals surface area contributed by atoms with Crippen molar-refractivity contribution in [3.8, 4) is 5.88 Å². The number of aromatic nitrogens is 2. The molecule has 0 aliphatic carbocycles. The summed E-state index contributed by atoms with van der Waals surface area (Å²) in [6.07, 6.45) is 1.22. The lowest BCUT2D eigenvalue weighted by molar-refractivity contribution is 0.0182. The van der Waals surface area contributed by atoms with Gasteiger partial charge in [0.25, 0.3) is 5.91 Å². The van der Waals surface area contributed by atoms with Gasteiger partial charge in [-0.05, 0) is 74.4 Å². The van der Waals surface area contributed by atoms with Crippen LogP contribution in [0.4, 0.5) is 5.69 Å².